The molecule has 2 rings (SSSR count). The van der Waals surface area contributed by atoms with E-state index < -0.39 is 11.5 Å². The van der Waals surface area contributed by atoms with Crippen LogP contribution in [-0.2, 0) is 19.8 Å². The summed E-state index contributed by atoms with van der Waals surface area (Å²) in [6, 6.07) is 1.23. The fourth-order valence-electron chi connectivity index (χ4n) is 2.37. The van der Waals surface area contributed by atoms with Crippen LogP contribution in [0.2, 0.25) is 0 Å². The summed E-state index contributed by atoms with van der Waals surface area (Å²) in [5, 5.41) is 2.48. The summed E-state index contributed by atoms with van der Waals surface area (Å²) in [5.41, 5.74) is -0.521. The largest absolute Gasteiger partial charge is 0.465 e. The van der Waals surface area contributed by atoms with E-state index in [0.29, 0.717) is 19.6 Å². The van der Waals surface area contributed by atoms with Gasteiger partial charge in [0.15, 0.2) is 0 Å². The van der Waals surface area contributed by atoms with Crippen LogP contribution in [0, 0.1) is 0 Å². The second-order valence-electron chi connectivity index (χ2n) is 5.28. The highest BCUT2D eigenvalue weighted by molar-refractivity contribution is 6.00. The highest BCUT2D eigenvalue weighted by Gasteiger charge is 2.33. The number of methoxy groups -OCH3 is 1. The van der Waals surface area contributed by atoms with Crippen molar-refractivity contribution in [3.05, 3.63) is 28.2 Å². The van der Waals surface area contributed by atoms with E-state index in [-0.39, 0.29) is 22.7 Å². The zero-order chi connectivity index (χ0) is 15.6. The Hall–Kier alpha value is -2.15. The van der Waals surface area contributed by atoms with Crippen molar-refractivity contribution in [2.75, 3.05) is 25.6 Å². The second kappa shape index (κ2) is 5.69. The average molecular weight is 294 g/mol. The van der Waals surface area contributed by atoms with Gasteiger partial charge < -0.3 is 19.4 Å². The van der Waals surface area contributed by atoms with Gasteiger partial charge in [-0.15, -0.1) is 0 Å². The van der Waals surface area contributed by atoms with Gasteiger partial charge in [0.25, 0.3) is 5.56 Å². The molecule has 1 amide bonds. The van der Waals surface area contributed by atoms with E-state index in [4.69, 9.17) is 9.47 Å². The topological polar surface area (TPSA) is 86.6 Å². The third-order valence-corrected chi connectivity index (χ3v) is 3.55. The molecule has 7 heteroatoms. The summed E-state index contributed by atoms with van der Waals surface area (Å²) >= 11 is 0. The molecule has 114 valence electrons. The maximum Gasteiger partial charge on any atom is 0.341 e. The average Bonchev–Trinajstić information content (AvgIpc) is 2.85. The highest BCUT2D eigenvalue weighted by atomic mass is 16.5. The van der Waals surface area contributed by atoms with E-state index >= 15 is 0 Å². The van der Waals surface area contributed by atoms with Gasteiger partial charge in [0, 0.05) is 25.8 Å². The lowest BCUT2D eigenvalue weighted by molar-refractivity contribution is -0.114. The van der Waals surface area contributed by atoms with Crippen LogP contribution in [0.15, 0.2) is 17.1 Å². The number of hydrogen-bond acceptors (Lipinski definition) is 5. The van der Waals surface area contributed by atoms with E-state index in [1.807, 2.05) is 6.92 Å². The lowest BCUT2D eigenvalue weighted by atomic mass is 10.0. The van der Waals surface area contributed by atoms with E-state index in [2.05, 4.69) is 5.32 Å². The molecule has 1 aromatic rings. The minimum absolute atomic E-state index is 0.139. The molecule has 1 saturated heterocycles. The zero-order valence-corrected chi connectivity index (χ0v) is 12.3. The Kier molecular flexibility index (Phi) is 4.13. The summed E-state index contributed by atoms with van der Waals surface area (Å²) in [7, 11) is 1.25. The third kappa shape index (κ3) is 2.97. The number of carbonyl (C=O) groups excluding carboxylic acids is 2. The van der Waals surface area contributed by atoms with Crippen molar-refractivity contribution in [1.82, 2.24) is 4.57 Å². The highest BCUT2D eigenvalue weighted by Crippen LogP contribution is 2.27. The molecule has 2 heterocycles. The Morgan fingerprint density at radius 1 is 1.48 bits per heavy atom. The molecule has 21 heavy (non-hydrogen) atoms. The van der Waals surface area contributed by atoms with Crippen molar-refractivity contribution >= 4 is 17.6 Å². The first-order valence-electron chi connectivity index (χ1n) is 6.58. The van der Waals surface area contributed by atoms with Gasteiger partial charge in [0.1, 0.15) is 0 Å². The Balaban J connectivity index is 2.56. The molecule has 1 N–H and O–H groups in total. The van der Waals surface area contributed by atoms with Crippen LogP contribution in [0.25, 0.3) is 0 Å². The number of rotatable bonds is 3. The van der Waals surface area contributed by atoms with E-state index in [9.17, 15) is 14.4 Å². The van der Waals surface area contributed by atoms with Gasteiger partial charge in [-0.2, -0.15) is 0 Å². The number of esters is 1. The zero-order valence-electron chi connectivity index (χ0n) is 12.3. The molecule has 1 atom stereocenters. The first-order valence-corrected chi connectivity index (χ1v) is 6.58. The minimum Gasteiger partial charge on any atom is -0.465 e. The van der Waals surface area contributed by atoms with Crippen molar-refractivity contribution < 1.29 is 19.1 Å². The fraction of sp³-hybridized carbons (Fsp3) is 0.500. The monoisotopic (exact) mass is 294 g/mol. The number of amides is 1. The molecule has 0 saturated carbocycles. The van der Waals surface area contributed by atoms with E-state index in [1.54, 1.807) is 0 Å². The summed E-state index contributed by atoms with van der Waals surface area (Å²) in [6.45, 7) is 4.15. The normalized spacial score (nSPS) is 21.1. The molecule has 1 aromatic heterocycles. The maximum absolute atomic E-state index is 12.3. The van der Waals surface area contributed by atoms with Gasteiger partial charge in [0.2, 0.25) is 5.91 Å². The number of ether oxygens (including phenoxy) is 2. The number of pyridine rings is 1. The fourth-order valence-corrected chi connectivity index (χ4v) is 2.37. The molecular formula is C14H18N2O5. The maximum atomic E-state index is 12.3. The van der Waals surface area contributed by atoms with E-state index in [0.717, 1.165) is 0 Å². The van der Waals surface area contributed by atoms with Crippen molar-refractivity contribution in [2.45, 2.75) is 25.8 Å². The number of anilines is 1. The first-order chi connectivity index (χ1) is 9.87. The molecule has 0 radical (unpaired) electrons. The molecule has 0 aliphatic carbocycles. The smallest absolute Gasteiger partial charge is 0.341 e. The predicted molar refractivity (Wildman–Crippen MR) is 75.4 cm³/mol. The SMILES string of the molecule is COC(=O)c1cn(C2(C)CCOC2)c(=O)cc1NC(C)=O. The standard InChI is InChI=1S/C14H18N2O5/c1-9(17)15-11-6-12(18)16(7-10(11)13(19)20-3)14(2)4-5-21-8-14/h6-7H,4-5,8H2,1-3H3,(H,15,17). The van der Waals surface area contributed by atoms with Crippen LogP contribution in [0.3, 0.4) is 0 Å². The van der Waals surface area contributed by atoms with Gasteiger partial charge in [0.05, 0.1) is 30.5 Å². The number of nitrogens with one attached hydrogen (secondary N) is 1. The van der Waals surface area contributed by atoms with Crippen LogP contribution in [0.4, 0.5) is 5.69 Å². The molecule has 1 unspecified atom stereocenters. The molecule has 7 nitrogen and oxygen atoms in total. The van der Waals surface area contributed by atoms with Crippen molar-refractivity contribution in [3.8, 4) is 0 Å². The van der Waals surface area contributed by atoms with Crippen molar-refractivity contribution in [2.24, 2.45) is 0 Å². The van der Waals surface area contributed by atoms with Crippen LogP contribution in [0.5, 0.6) is 0 Å². The van der Waals surface area contributed by atoms with Crippen LogP contribution >= 0.6 is 0 Å². The molecule has 1 fully saturated rings. The Morgan fingerprint density at radius 2 is 2.19 bits per heavy atom. The Labute approximate surface area is 121 Å². The number of carbonyl (C=O) groups is 2. The van der Waals surface area contributed by atoms with Gasteiger partial charge in [-0.3, -0.25) is 9.59 Å². The predicted octanol–water partition coefficient (Wildman–Crippen LogP) is 0.729. The van der Waals surface area contributed by atoms with Gasteiger partial charge >= 0.3 is 5.97 Å². The third-order valence-electron chi connectivity index (χ3n) is 3.55. The molecular weight excluding hydrogens is 276 g/mol. The number of nitrogens with zero attached hydrogens (tertiary/aromatic N) is 1. The molecule has 0 aromatic carbocycles. The number of hydrogen-bond donors (Lipinski definition) is 1. The summed E-state index contributed by atoms with van der Waals surface area (Å²) in [4.78, 5) is 35.4. The Morgan fingerprint density at radius 3 is 2.71 bits per heavy atom. The first kappa shape index (κ1) is 15.2. The lowest BCUT2D eigenvalue weighted by Crippen LogP contribution is -2.39. The molecule has 0 spiro atoms. The van der Waals surface area contributed by atoms with Crippen LogP contribution in [-0.4, -0.2) is 36.8 Å². The lowest BCUT2D eigenvalue weighted by Gasteiger charge is -2.26. The van der Waals surface area contributed by atoms with Crippen molar-refractivity contribution in [1.29, 1.82) is 0 Å². The van der Waals surface area contributed by atoms with Gasteiger partial charge in [-0.05, 0) is 13.3 Å². The quantitative estimate of drug-likeness (QED) is 0.830. The Bertz CT molecular complexity index is 629. The summed E-state index contributed by atoms with van der Waals surface area (Å²) in [6.07, 6.45) is 2.10. The van der Waals surface area contributed by atoms with Crippen LogP contribution < -0.4 is 10.9 Å². The second-order valence-corrected chi connectivity index (χ2v) is 5.28. The molecule has 1 aliphatic rings. The molecule has 0 bridgehead atoms. The minimum atomic E-state index is -0.616. The van der Waals surface area contributed by atoms with Crippen molar-refractivity contribution in [3.63, 3.8) is 0 Å². The van der Waals surface area contributed by atoms with Gasteiger partial charge in [-0.1, -0.05) is 0 Å². The summed E-state index contributed by atoms with van der Waals surface area (Å²) < 4.78 is 11.5. The van der Waals surface area contributed by atoms with E-state index in [1.165, 1.54) is 30.9 Å². The van der Waals surface area contributed by atoms with Gasteiger partial charge in [-0.25, -0.2) is 4.79 Å². The summed E-state index contributed by atoms with van der Waals surface area (Å²) in [5.74, 6) is -0.984. The molecule has 1 aliphatic heterocycles. The number of aromatic nitrogens is 1. The van der Waals surface area contributed by atoms with Crippen LogP contribution in [0.1, 0.15) is 30.6 Å².